The summed E-state index contributed by atoms with van der Waals surface area (Å²) in [7, 11) is 0. The molecule has 0 fully saturated rings. The second-order valence-electron chi connectivity index (χ2n) is 6.33. The van der Waals surface area contributed by atoms with Crippen LogP contribution in [0.4, 0.5) is 4.39 Å². The number of aromatic nitrogens is 1. The summed E-state index contributed by atoms with van der Waals surface area (Å²) >= 11 is 13.5. The van der Waals surface area contributed by atoms with Gasteiger partial charge in [0.25, 0.3) is 5.91 Å². The number of fused-ring (bicyclic) bond motifs is 1. The molecule has 1 N–H and O–H groups in total. The molecule has 2 atom stereocenters. The van der Waals surface area contributed by atoms with Gasteiger partial charge in [0.15, 0.2) is 6.10 Å². The van der Waals surface area contributed by atoms with Gasteiger partial charge in [0.2, 0.25) is 0 Å². The Labute approximate surface area is 172 Å². The van der Waals surface area contributed by atoms with Crippen LogP contribution in [0.5, 0.6) is 0 Å². The van der Waals surface area contributed by atoms with Crippen LogP contribution in [0.2, 0.25) is 10.0 Å². The van der Waals surface area contributed by atoms with Crippen LogP contribution in [0.25, 0.3) is 10.2 Å². The van der Waals surface area contributed by atoms with Gasteiger partial charge in [-0.3, -0.25) is 14.5 Å². The number of halogens is 3. The molecule has 2 aliphatic rings. The van der Waals surface area contributed by atoms with E-state index in [4.69, 9.17) is 33.0 Å². The number of rotatable bonds is 4. The normalized spacial score (nSPS) is 21.8. The van der Waals surface area contributed by atoms with Crippen LogP contribution in [0.3, 0.4) is 0 Å². The Morgan fingerprint density at radius 1 is 1.43 bits per heavy atom. The third-order valence-electron chi connectivity index (χ3n) is 4.37. The first-order chi connectivity index (χ1) is 13.3. The van der Waals surface area contributed by atoms with Gasteiger partial charge in [-0.1, -0.05) is 29.3 Å². The molecule has 10 heteroatoms. The Morgan fingerprint density at radius 3 is 2.96 bits per heavy atom. The van der Waals surface area contributed by atoms with Crippen LogP contribution in [0.1, 0.15) is 17.8 Å². The number of carboxylic acid groups (broad SMARTS) is 1. The smallest absolute Gasteiger partial charge is 0.307 e. The van der Waals surface area contributed by atoms with Crippen molar-refractivity contribution in [2.75, 3.05) is 0 Å². The van der Waals surface area contributed by atoms with Crippen LogP contribution in [-0.2, 0) is 20.9 Å². The molecule has 1 aliphatic heterocycles. The van der Waals surface area contributed by atoms with E-state index in [1.165, 1.54) is 16.2 Å². The summed E-state index contributed by atoms with van der Waals surface area (Å²) < 4.78 is 20.8. The zero-order valence-electron chi connectivity index (χ0n) is 14.2. The molecule has 6 nitrogen and oxygen atoms in total. The number of ether oxygens (including phenoxy) is 1. The summed E-state index contributed by atoms with van der Waals surface area (Å²) in [6, 6.07) is 3.28. The molecule has 2 aromatic rings. The van der Waals surface area contributed by atoms with E-state index in [1.54, 1.807) is 24.3 Å². The van der Waals surface area contributed by atoms with Gasteiger partial charge in [-0.05, 0) is 18.2 Å². The lowest BCUT2D eigenvalue weighted by Gasteiger charge is -2.37. The van der Waals surface area contributed by atoms with Crippen molar-refractivity contribution in [3.05, 3.63) is 50.8 Å². The van der Waals surface area contributed by atoms with Crippen molar-refractivity contribution in [3.8, 4) is 0 Å². The number of carboxylic acids is 1. The van der Waals surface area contributed by atoms with E-state index >= 15 is 0 Å². The van der Waals surface area contributed by atoms with Crippen LogP contribution >= 0.6 is 34.5 Å². The molecule has 0 saturated carbocycles. The van der Waals surface area contributed by atoms with E-state index in [2.05, 4.69) is 4.98 Å². The standard InChI is InChI=1S/C18H13Cl2FN2O4S/c19-8-4-9(20)16-13(5-8)28-14(22-16)7-23-17-10(21)2-1-3-11(17)27-12(18(23)26)6-15(24)25/h1,3-5,10,12H,2,6-7H2,(H,24,25). The van der Waals surface area contributed by atoms with Crippen LogP contribution in [0, 0.1) is 0 Å². The van der Waals surface area contributed by atoms with Crippen molar-refractivity contribution in [2.45, 2.75) is 31.7 Å². The van der Waals surface area contributed by atoms with E-state index in [9.17, 15) is 14.0 Å². The minimum absolute atomic E-state index is 0.0152. The van der Waals surface area contributed by atoms with Gasteiger partial charge in [0.05, 0.1) is 28.4 Å². The number of carbonyl (C=O) groups excluding carboxylic acids is 1. The Balaban J connectivity index is 1.73. The number of alkyl halides is 1. The first-order valence-electron chi connectivity index (χ1n) is 8.32. The number of allylic oxidation sites excluding steroid dienone is 3. The lowest BCUT2D eigenvalue weighted by molar-refractivity contribution is -0.152. The van der Waals surface area contributed by atoms with Crippen molar-refractivity contribution in [2.24, 2.45) is 0 Å². The molecule has 1 amide bonds. The van der Waals surface area contributed by atoms with Gasteiger partial charge in [-0.2, -0.15) is 0 Å². The predicted molar refractivity (Wildman–Crippen MR) is 103 cm³/mol. The molecule has 1 aromatic heterocycles. The highest BCUT2D eigenvalue weighted by atomic mass is 35.5. The molecule has 2 unspecified atom stereocenters. The fourth-order valence-electron chi connectivity index (χ4n) is 3.20. The fourth-order valence-corrected chi connectivity index (χ4v) is 4.88. The molecule has 0 radical (unpaired) electrons. The van der Waals surface area contributed by atoms with Crippen LogP contribution < -0.4 is 0 Å². The maximum atomic E-state index is 14.6. The SMILES string of the molecule is O=C(O)CC1OC2=C(C(F)CC=C2)N(Cc2nc3c(Cl)cc(Cl)cc3s2)C1=O. The number of amides is 1. The highest BCUT2D eigenvalue weighted by molar-refractivity contribution is 7.18. The third-order valence-corrected chi connectivity index (χ3v) is 5.87. The van der Waals surface area contributed by atoms with Gasteiger partial charge >= 0.3 is 5.97 Å². The fraction of sp³-hybridized carbons (Fsp3) is 0.278. The molecule has 146 valence electrons. The molecular weight excluding hydrogens is 430 g/mol. The Kier molecular flexibility index (Phi) is 5.03. The zero-order valence-corrected chi connectivity index (χ0v) is 16.5. The molecule has 1 aromatic carbocycles. The number of aliphatic carboxylic acids is 1. The molecule has 28 heavy (non-hydrogen) atoms. The van der Waals surface area contributed by atoms with Gasteiger partial charge < -0.3 is 9.84 Å². The van der Waals surface area contributed by atoms with E-state index < -0.39 is 30.6 Å². The van der Waals surface area contributed by atoms with Gasteiger partial charge in [0.1, 0.15) is 22.5 Å². The number of nitrogens with zero attached hydrogens (tertiary/aromatic N) is 2. The summed E-state index contributed by atoms with van der Waals surface area (Å²) in [6.07, 6.45) is 0.0964. The summed E-state index contributed by atoms with van der Waals surface area (Å²) in [4.78, 5) is 29.6. The topological polar surface area (TPSA) is 79.7 Å². The van der Waals surface area contributed by atoms with Gasteiger partial charge in [-0.15, -0.1) is 11.3 Å². The maximum Gasteiger partial charge on any atom is 0.307 e. The number of carbonyl (C=O) groups is 2. The lowest BCUT2D eigenvalue weighted by atomic mass is 10.0. The highest BCUT2D eigenvalue weighted by Crippen LogP contribution is 2.36. The number of hydrogen-bond acceptors (Lipinski definition) is 5. The monoisotopic (exact) mass is 442 g/mol. The largest absolute Gasteiger partial charge is 0.481 e. The Hall–Kier alpha value is -2.16. The molecule has 0 saturated heterocycles. The minimum atomic E-state index is -1.43. The summed E-state index contributed by atoms with van der Waals surface area (Å²) in [5, 5.41) is 10.4. The second kappa shape index (κ2) is 7.35. The molecular formula is C18H13Cl2FN2O4S. The number of thiazole rings is 1. The van der Waals surface area contributed by atoms with E-state index in [-0.39, 0.29) is 24.4 Å². The van der Waals surface area contributed by atoms with Gasteiger partial charge in [0, 0.05) is 11.4 Å². The average molecular weight is 443 g/mol. The second-order valence-corrected chi connectivity index (χ2v) is 8.28. The minimum Gasteiger partial charge on any atom is -0.481 e. The van der Waals surface area contributed by atoms with E-state index in [1.807, 2.05) is 0 Å². The Morgan fingerprint density at radius 2 is 2.21 bits per heavy atom. The first kappa shape index (κ1) is 19.2. The van der Waals surface area contributed by atoms with Crippen molar-refractivity contribution in [3.63, 3.8) is 0 Å². The van der Waals surface area contributed by atoms with Crippen molar-refractivity contribution >= 4 is 56.6 Å². The summed E-state index contributed by atoms with van der Waals surface area (Å²) in [6.45, 7) is -0.0152. The molecule has 1 aliphatic carbocycles. The van der Waals surface area contributed by atoms with Crippen molar-refractivity contribution in [1.29, 1.82) is 0 Å². The zero-order chi connectivity index (χ0) is 20.0. The Bertz CT molecular complexity index is 1050. The van der Waals surface area contributed by atoms with Crippen molar-refractivity contribution in [1.82, 2.24) is 9.88 Å². The lowest BCUT2D eigenvalue weighted by Crippen LogP contribution is -2.47. The first-order valence-corrected chi connectivity index (χ1v) is 9.90. The predicted octanol–water partition coefficient (Wildman–Crippen LogP) is 4.31. The molecule has 0 spiro atoms. The van der Waals surface area contributed by atoms with E-state index in [0.717, 1.165) is 4.70 Å². The third kappa shape index (κ3) is 3.47. The van der Waals surface area contributed by atoms with Gasteiger partial charge in [-0.25, -0.2) is 9.37 Å². The number of hydrogen-bond donors (Lipinski definition) is 1. The molecule has 0 bridgehead atoms. The molecule has 4 rings (SSSR count). The molecule has 2 heterocycles. The van der Waals surface area contributed by atoms with Crippen LogP contribution in [0.15, 0.2) is 35.7 Å². The highest BCUT2D eigenvalue weighted by Gasteiger charge is 2.41. The summed E-state index contributed by atoms with van der Waals surface area (Å²) in [5.41, 5.74) is 0.640. The number of benzene rings is 1. The van der Waals surface area contributed by atoms with Crippen LogP contribution in [-0.4, -0.2) is 39.1 Å². The van der Waals surface area contributed by atoms with Crippen molar-refractivity contribution < 1.29 is 23.8 Å². The average Bonchev–Trinajstić information content (AvgIpc) is 3.01. The maximum absolute atomic E-state index is 14.6. The van der Waals surface area contributed by atoms with E-state index in [0.29, 0.717) is 20.6 Å². The quantitative estimate of drug-likeness (QED) is 0.762. The summed E-state index contributed by atoms with van der Waals surface area (Å²) in [5.74, 6) is -1.62.